The van der Waals surface area contributed by atoms with Crippen molar-refractivity contribution >= 4 is 14.1 Å². The quantitative estimate of drug-likeness (QED) is 0.387. The number of allylic oxidation sites excluding steroid dienone is 1. The summed E-state index contributed by atoms with van der Waals surface area (Å²) in [7, 11) is -1.63. The van der Waals surface area contributed by atoms with Gasteiger partial charge >= 0.3 is 0 Å². The van der Waals surface area contributed by atoms with Gasteiger partial charge in [-0.2, -0.15) is 0 Å². The van der Waals surface area contributed by atoms with Crippen molar-refractivity contribution in [1.82, 2.24) is 0 Å². The Morgan fingerprint density at radius 1 is 1.20 bits per heavy atom. The van der Waals surface area contributed by atoms with Crippen LogP contribution in [-0.4, -0.2) is 20.7 Å². The van der Waals surface area contributed by atoms with Gasteiger partial charge in [0.25, 0.3) is 0 Å². The van der Waals surface area contributed by atoms with E-state index in [0.717, 1.165) is 25.9 Å². The molecule has 0 aromatic rings. The van der Waals surface area contributed by atoms with E-state index in [4.69, 9.17) is 4.43 Å². The minimum Gasteiger partial charge on any atom is -0.417 e. The molecule has 0 heterocycles. The first-order valence-corrected chi connectivity index (χ1v) is 11.0. The van der Waals surface area contributed by atoms with Crippen molar-refractivity contribution in [3.05, 3.63) is 12.2 Å². The summed E-state index contributed by atoms with van der Waals surface area (Å²) in [6.45, 7) is 12.0. The molecule has 0 saturated heterocycles. The first-order valence-electron chi connectivity index (χ1n) is 8.08. The molecule has 0 unspecified atom stereocenters. The summed E-state index contributed by atoms with van der Waals surface area (Å²) in [5.41, 5.74) is 0. The summed E-state index contributed by atoms with van der Waals surface area (Å²) in [4.78, 5) is 12.0. The summed E-state index contributed by atoms with van der Waals surface area (Å²) in [5.74, 6) is 0.623. The maximum atomic E-state index is 12.0. The second kappa shape index (κ2) is 7.55. The SMILES string of the molecule is CC(C)(C)[Si](C)(C)OCC/C=C/C(=O)C1CCCCC1. The molecule has 2 nitrogen and oxygen atoms in total. The van der Waals surface area contributed by atoms with Crippen molar-refractivity contribution in [3.8, 4) is 0 Å². The van der Waals surface area contributed by atoms with Gasteiger partial charge in [0.1, 0.15) is 0 Å². The lowest BCUT2D eigenvalue weighted by atomic mass is 9.86. The Labute approximate surface area is 126 Å². The van der Waals surface area contributed by atoms with Gasteiger partial charge < -0.3 is 4.43 Å². The summed E-state index contributed by atoms with van der Waals surface area (Å²) < 4.78 is 6.10. The van der Waals surface area contributed by atoms with Gasteiger partial charge in [0.15, 0.2) is 14.1 Å². The Balaban J connectivity index is 2.26. The molecule has 20 heavy (non-hydrogen) atoms. The van der Waals surface area contributed by atoms with E-state index in [9.17, 15) is 4.79 Å². The summed E-state index contributed by atoms with van der Waals surface area (Å²) in [6, 6.07) is 0. The highest BCUT2D eigenvalue weighted by atomic mass is 28.4. The average molecular weight is 297 g/mol. The lowest BCUT2D eigenvalue weighted by Crippen LogP contribution is -2.40. The molecule has 1 saturated carbocycles. The van der Waals surface area contributed by atoms with Crippen LogP contribution in [0, 0.1) is 5.92 Å². The average Bonchev–Trinajstić information content (AvgIpc) is 2.37. The second-order valence-electron chi connectivity index (χ2n) is 7.54. The molecule has 1 fully saturated rings. The van der Waals surface area contributed by atoms with Crippen molar-refractivity contribution < 1.29 is 9.22 Å². The van der Waals surface area contributed by atoms with Gasteiger partial charge in [0, 0.05) is 12.5 Å². The Morgan fingerprint density at radius 2 is 1.80 bits per heavy atom. The van der Waals surface area contributed by atoms with E-state index in [2.05, 4.69) is 33.9 Å². The standard InChI is InChI=1S/C17H32O2Si/c1-17(2,3)20(4,5)19-14-10-9-13-16(18)15-11-7-6-8-12-15/h9,13,15H,6-8,10-12,14H2,1-5H3/b13-9+. The molecule has 0 amide bonds. The number of hydrogen-bond acceptors (Lipinski definition) is 2. The zero-order chi connectivity index (χ0) is 15.2. The van der Waals surface area contributed by atoms with Gasteiger partial charge in [-0.15, -0.1) is 0 Å². The molecule has 0 spiro atoms. The molecule has 0 radical (unpaired) electrons. The number of rotatable bonds is 6. The number of carbonyl (C=O) groups is 1. The van der Waals surface area contributed by atoms with Gasteiger partial charge in [0.2, 0.25) is 0 Å². The lowest BCUT2D eigenvalue weighted by Gasteiger charge is -2.36. The van der Waals surface area contributed by atoms with Crippen LogP contribution in [0.5, 0.6) is 0 Å². The van der Waals surface area contributed by atoms with Gasteiger partial charge in [-0.3, -0.25) is 4.79 Å². The van der Waals surface area contributed by atoms with E-state index < -0.39 is 8.32 Å². The largest absolute Gasteiger partial charge is 0.417 e. The van der Waals surface area contributed by atoms with Crippen molar-refractivity contribution in [2.45, 2.75) is 77.4 Å². The van der Waals surface area contributed by atoms with Crippen LogP contribution in [0.2, 0.25) is 18.1 Å². The van der Waals surface area contributed by atoms with Crippen LogP contribution in [-0.2, 0) is 9.22 Å². The summed E-state index contributed by atoms with van der Waals surface area (Å²) >= 11 is 0. The number of hydrogen-bond donors (Lipinski definition) is 0. The van der Waals surface area contributed by atoms with Gasteiger partial charge in [-0.25, -0.2) is 0 Å². The predicted molar refractivity (Wildman–Crippen MR) is 88.5 cm³/mol. The minimum absolute atomic E-state index is 0.259. The van der Waals surface area contributed by atoms with Crippen LogP contribution < -0.4 is 0 Å². The molecular weight excluding hydrogens is 264 g/mol. The van der Waals surface area contributed by atoms with Crippen LogP contribution in [0.3, 0.4) is 0 Å². The molecule has 0 N–H and O–H groups in total. The van der Waals surface area contributed by atoms with E-state index in [1.54, 1.807) is 6.08 Å². The normalized spacial score (nSPS) is 18.6. The highest BCUT2D eigenvalue weighted by molar-refractivity contribution is 6.74. The van der Waals surface area contributed by atoms with Crippen LogP contribution in [0.1, 0.15) is 59.3 Å². The Morgan fingerprint density at radius 3 is 2.35 bits per heavy atom. The third-order valence-electron chi connectivity index (χ3n) is 4.84. The molecule has 3 heteroatoms. The zero-order valence-corrected chi connectivity index (χ0v) is 15.0. The molecule has 116 valence electrons. The highest BCUT2D eigenvalue weighted by Gasteiger charge is 2.36. The van der Waals surface area contributed by atoms with Crippen LogP contribution in [0.15, 0.2) is 12.2 Å². The second-order valence-corrected chi connectivity index (χ2v) is 12.3. The van der Waals surface area contributed by atoms with Crippen molar-refractivity contribution in [3.63, 3.8) is 0 Å². The van der Waals surface area contributed by atoms with E-state index in [-0.39, 0.29) is 5.04 Å². The third kappa shape index (κ3) is 5.53. The Hall–Kier alpha value is -0.413. The lowest BCUT2D eigenvalue weighted by molar-refractivity contribution is -0.119. The van der Waals surface area contributed by atoms with E-state index >= 15 is 0 Å². The highest BCUT2D eigenvalue weighted by Crippen LogP contribution is 2.36. The van der Waals surface area contributed by atoms with Crippen molar-refractivity contribution in [2.75, 3.05) is 6.61 Å². The summed E-state index contributed by atoms with van der Waals surface area (Å²) in [5, 5.41) is 0.259. The van der Waals surface area contributed by atoms with E-state index in [0.29, 0.717) is 11.7 Å². The number of ketones is 1. The molecule has 0 aromatic heterocycles. The number of carbonyl (C=O) groups excluding carboxylic acids is 1. The third-order valence-corrected chi connectivity index (χ3v) is 9.38. The zero-order valence-electron chi connectivity index (χ0n) is 14.0. The van der Waals surface area contributed by atoms with Crippen LogP contribution in [0.4, 0.5) is 0 Å². The fourth-order valence-corrected chi connectivity index (χ4v) is 3.38. The van der Waals surface area contributed by atoms with E-state index in [1.165, 1.54) is 19.3 Å². The molecule has 1 rings (SSSR count). The Kier molecular flexibility index (Phi) is 6.66. The first kappa shape index (κ1) is 17.6. The maximum absolute atomic E-state index is 12.0. The smallest absolute Gasteiger partial charge is 0.191 e. The van der Waals surface area contributed by atoms with Crippen molar-refractivity contribution in [2.24, 2.45) is 5.92 Å². The topological polar surface area (TPSA) is 26.3 Å². The molecule has 0 atom stereocenters. The molecular formula is C17H32O2Si. The minimum atomic E-state index is -1.63. The van der Waals surface area contributed by atoms with Gasteiger partial charge in [-0.1, -0.05) is 46.1 Å². The maximum Gasteiger partial charge on any atom is 0.191 e. The summed E-state index contributed by atoms with van der Waals surface area (Å²) in [6.07, 6.45) is 10.6. The Bertz CT molecular complexity index is 333. The monoisotopic (exact) mass is 296 g/mol. The predicted octanol–water partition coefficient (Wildman–Crippen LogP) is 5.10. The molecule has 0 aliphatic heterocycles. The molecule has 0 aromatic carbocycles. The molecule has 0 bridgehead atoms. The van der Waals surface area contributed by atoms with Gasteiger partial charge in [-0.05, 0) is 43.5 Å². The first-order chi connectivity index (χ1) is 9.24. The van der Waals surface area contributed by atoms with Crippen LogP contribution in [0.25, 0.3) is 0 Å². The molecule has 1 aliphatic rings. The van der Waals surface area contributed by atoms with E-state index in [1.807, 2.05) is 6.08 Å². The van der Waals surface area contributed by atoms with Gasteiger partial charge in [0.05, 0.1) is 0 Å². The van der Waals surface area contributed by atoms with Crippen molar-refractivity contribution in [1.29, 1.82) is 0 Å². The fourth-order valence-electron chi connectivity index (χ4n) is 2.32. The molecule has 1 aliphatic carbocycles. The fraction of sp³-hybridized carbons (Fsp3) is 0.824. The van der Waals surface area contributed by atoms with Crippen LogP contribution >= 0.6 is 0 Å².